The lowest BCUT2D eigenvalue weighted by Gasteiger charge is -2.37. The van der Waals surface area contributed by atoms with Gasteiger partial charge in [-0.25, -0.2) is 0 Å². The van der Waals surface area contributed by atoms with Crippen molar-refractivity contribution < 1.29 is 9.90 Å². The highest BCUT2D eigenvalue weighted by Gasteiger charge is 2.30. The highest BCUT2D eigenvalue weighted by Crippen LogP contribution is 2.27. The minimum absolute atomic E-state index is 0.0306. The monoisotopic (exact) mass is 265 g/mol. The van der Waals surface area contributed by atoms with Crippen LogP contribution in [0.3, 0.4) is 0 Å². The summed E-state index contributed by atoms with van der Waals surface area (Å²) in [6, 6.07) is 5.36. The van der Waals surface area contributed by atoms with E-state index in [2.05, 4.69) is 13.8 Å². The molecule has 3 nitrogen and oxygen atoms in total. The van der Waals surface area contributed by atoms with E-state index in [1.165, 1.54) is 0 Å². The van der Waals surface area contributed by atoms with Crippen LogP contribution >= 0.6 is 11.8 Å². The molecule has 2 unspecified atom stereocenters. The number of phenolic OH excluding ortho intramolecular Hbond substituents is 1. The molecule has 4 heteroatoms. The molecule has 18 heavy (non-hydrogen) atoms. The van der Waals surface area contributed by atoms with Crippen LogP contribution < -0.4 is 0 Å². The lowest BCUT2D eigenvalue weighted by Crippen LogP contribution is -2.48. The van der Waals surface area contributed by atoms with Gasteiger partial charge in [0.05, 0.1) is 0 Å². The van der Waals surface area contributed by atoms with Crippen molar-refractivity contribution in [1.82, 2.24) is 4.90 Å². The zero-order valence-corrected chi connectivity index (χ0v) is 11.8. The van der Waals surface area contributed by atoms with Crippen molar-refractivity contribution in [3.05, 3.63) is 29.3 Å². The Labute approximate surface area is 112 Å². The topological polar surface area (TPSA) is 40.5 Å². The van der Waals surface area contributed by atoms with Crippen molar-refractivity contribution in [3.8, 4) is 5.75 Å². The number of phenols is 1. The molecule has 1 saturated heterocycles. The Morgan fingerprint density at radius 1 is 1.44 bits per heavy atom. The van der Waals surface area contributed by atoms with Crippen LogP contribution in [0.1, 0.15) is 29.8 Å². The molecule has 0 bridgehead atoms. The maximum atomic E-state index is 12.5. The first kappa shape index (κ1) is 13.3. The van der Waals surface area contributed by atoms with Crippen LogP contribution in [0.15, 0.2) is 18.2 Å². The molecule has 0 spiro atoms. The van der Waals surface area contributed by atoms with Crippen molar-refractivity contribution in [2.24, 2.45) is 0 Å². The summed E-state index contributed by atoms with van der Waals surface area (Å²) in [5, 5.41) is 10.1. The van der Waals surface area contributed by atoms with Crippen LogP contribution in [0.5, 0.6) is 5.75 Å². The predicted octanol–water partition coefficient (Wildman–Crippen LogP) is 2.67. The van der Waals surface area contributed by atoms with Gasteiger partial charge in [0.15, 0.2) is 0 Å². The first-order chi connectivity index (χ1) is 8.52. The Kier molecular flexibility index (Phi) is 3.85. The Morgan fingerprint density at radius 2 is 2.17 bits per heavy atom. The number of carbonyl (C=O) groups is 1. The van der Waals surface area contributed by atoms with E-state index in [4.69, 9.17) is 0 Å². The lowest BCUT2D eigenvalue weighted by atomic mass is 10.0. The molecule has 1 heterocycles. The molecule has 1 aliphatic rings. The second-order valence-electron chi connectivity index (χ2n) is 4.76. The summed E-state index contributed by atoms with van der Waals surface area (Å²) >= 11 is 1.91. The molecule has 1 aromatic carbocycles. The van der Waals surface area contributed by atoms with Crippen molar-refractivity contribution in [2.75, 3.05) is 12.3 Å². The third-order valence-corrected chi connectivity index (χ3v) is 5.02. The standard InChI is InChI=1S/C14H19NO2S/c1-9-12(5-4-6-13(9)16)14(17)15-7-8-18-11(3)10(15)2/h4-6,10-11,16H,7-8H2,1-3H3. The van der Waals surface area contributed by atoms with Crippen LogP contribution in [0.4, 0.5) is 0 Å². The number of aromatic hydroxyl groups is 1. The van der Waals surface area contributed by atoms with E-state index in [9.17, 15) is 9.90 Å². The number of nitrogens with zero attached hydrogens (tertiary/aromatic N) is 1. The molecule has 1 aliphatic heterocycles. The number of carbonyl (C=O) groups excluding carboxylic acids is 1. The molecule has 0 radical (unpaired) electrons. The van der Waals surface area contributed by atoms with Crippen LogP contribution in [-0.4, -0.2) is 39.5 Å². The van der Waals surface area contributed by atoms with Gasteiger partial charge in [0.2, 0.25) is 0 Å². The summed E-state index contributed by atoms with van der Waals surface area (Å²) in [5.41, 5.74) is 1.28. The zero-order valence-electron chi connectivity index (χ0n) is 11.0. The average Bonchev–Trinajstić information content (AvgIpc) is 2.35. The number of amides is 1. The summed E-state index contributed by atoms with van der Waals surface area (Å²) in [6.07, 6.45) is 0. The van der Waals surface area contributed by atoms with Gasteiger partial charge in [-0.3, -0.25) is 4.79 Å². The maximum Gasteiger partial charge on any atom is 0.254 e. The molecule has 2 rings (SSSR count). The van der Waals surface area contributed by atoms with Gasteiger partial charge in [0.1, 0.15) is 5.75 Å². The van der Waals surface area contributed by atoms with Crippen molar-refractivity contribution in [1.29, 1.82) is 0 Å². The third-order valence-electron chi connectivity index (χ3n) is 3.68. The Hall–Kier alpha value is -1.16. The van der Waals surface area contributed by atoms with Crippen LogP contribution in [0.25, 0.3) is 0 Å². The fraction of sp³-hybridized carbons (Fsp3) is 0.500. The zero-order chi connectivity index (χ0) is 13.3. The first-order valence-corrected chi connectivity index (χ1v) is 7.28. The number of benzene rings is 1. The van der Waals surface area contributed by atoms with E-state index in [1.807, 2.05) is 16.7 Å². The maximum absolute atomic E-state index is 12.5. The number of hydrogen-bond acceptors (Lipinski definition) is 3. The summed E-state index contributed by atoms with van der Waals surface area (Å²) in [6.45, 7) is 6.82. The molecule has 0 aromatic heterocycles. The van der Waals surface area contributed by atoms with Gasteiger partial charge in [0, 0.05) is 34.7 Å². The van der Waals surface area contributed by atoms with Crippen LogP contribution in [0, 0.1) is 6.92 Å². The second kappa shape index (κ2) is 5.22. The number of hydrogen-bond donors (Lipinski definition) is 1. The van der Waals surface area contributed by atoms with Gasteiger partial charge < -0.3 is 10.0 Å². The van der Waals surface area contributed by atoms with Gasteiger partial charge in [-0.15, -0.1) is 0 Å². The van der Waals surface area contributed by atoms with Crippen molar-refractivity contribution >= 4 is 17.7 Å². The highest BCUT2D eigenvalue weighted by atomic mass is 32.2. The fourth-order valence-electron chi connectivity index (χ4n) is 2.23. The van der Waals surface area contributed by atoms with Crippen molar-refractivity contribution in [3.63, 3.8) is 0 Å². The van der Waals surface area contributed by atoms with Gasteiger partial charge >= 0.3 is 0 Å². The quantitative estimate of drug-likeness (QED) is 0.848. The normalized spacial score (nSPS) is 24.1. The Morgan fingerprint density at radius 3 is 2.89 bits per heavy atom. The smallest absolute Gasteiger partial charge is 0.254 e. The van der Waals surface area contributed by atoms with Crippen molar-refractivity contribution in [2.45, 2.75) is 32.1 Å². The van der Waals surface area contributed by atoms with Crippen LogP contribution in [-0.2, 0) is 0 Å². The molecular weight excluding hydrogens is 246 g/mol. The van der Waals surface area contributed by atoms with Gasteiger partial charge in [-0.2, -0.15) is 11.8 Å². The SMILES string of the molecule is Cc1c(O)cccc1C(=O)N1CCSC(C)C1C. The largest absolute Gasteiger partial charge is 0.508 e. The van der Waals surface area contributed by atoms with E-state index in [1.54, 1.807) is 25.1 Å². The molecule has 1 amide bonds. The van der Waals surface area contributed by atoms with E-state index < -0.39 is 0 Å². The second-order valence-corrected chi connectivity index (χ2v) is 6.25. The van der Waals surface area contributed by atoms with E-state index >= 15 is 0 Å². The summed E-state index contributed by atoms with van der Waals surface area (Å²) in [7, 11) is 0. The predicted molar refractivity (Wildman–Crippen MR) is 75.3 cm³/mol. The summed E-state index contributed by atoms with van der Waals surface area (Å²) in [4.78, 5) is 14.5. The minimum Gasteiger partial charge on any atom is -0.508 e. The highest BCUT2D eigenvalue weighted by molar-refractivity contribution is 8.00. The summed E-state index contributed by atoms with van der Waals surface area (Å²) < 4.78 is 0. The molecule has 0 aliphatic carbocycles. The Balaban J connectivity index is 2.28. The van der Waals surface area contributed by atoms with Gasteiger partial charge in [-0.1, -0.05) is 13.0 Å². The average molecular weight is 265 g/mol. The van der Waals surface area contributed by atoms with E-state index in [-0.39, 0.29) is 17.7 Å². The molecule has 1 aromatic rings. The molecule has 2 atom stereocenters. The molecular formula is C14H19NO2S. The van der Waals surface area contributed by atoms with Gasteiger partial charge in [0.25, 0.3) is 5.91 Å². The molecule has 98 valence electrons. The fourth-order valence-corrected chi connectivity index (χ4v) is 3.33. The molecule has 0 saturated carbocycles. The molecule has 1 N–H and O–H groups in total. The third kappa shape index (κ3) is 2.34. The molecule has 1 fully saturated rings. The van der Waals surface area contributed by atoms with Crippen LogP contribution in [0.2, 0.25) is 0 Å². The van der Waals surface area contributed by atoms with E-state index in [0.29, 0.717) is 16.4 Å². The van der Waals surface area contributed by atoms with E-state index in [0.717, 1.165) is 12.3 Å². The van der Waals surface area contributed by atoms with Gasteiger partial charge in [-0.05, 0) is 26.0 Å². The number of rotatable bonds is 1. The summed E-state index contributed by atoms with van der Waals surface area (Å²) in [5.74, 6) is 1.20. The minimum atomic E-state index is 0.0306. The lowest BCUT2D eigenvalue weighted by molar-refractivity contribution is 0.0697. The first-order valence-electron chi connectivity index (χ1n) is 6.23. The number of thioether (sulfide) groups is 1. The Bertz CT molecular complexity index is 461.